The molecule has 3 heterocycles. The van der Waals surface area contributed by atoms with E-state index in [0.717, 1.165) is 23.1 Å². The number of aromatic nitrogens is 4. The van der Waals surface area contributed by atoms with E-state index in [1.807, 2.05) is 18.2 Å². The lowest BCUT2D eigenvalue weighted by atomic mass is 10.1. The van der Waals surface area contributed by atoms with E-state index in [9.17, 15) is 9.50 Å². The zero-order valence-electron chi connectivity index (χ0n) is 18.3. The molecule has 7 nitrogen and oxygen atoms in total. The molecule has 0 aliphatic carbocycles. The third kappa shape index (κ3) is 7.23. The van der Waals surface area contributed by atoms with Crippen LogP contribution < -0.4 is 5.32 Å². The third-order valence-corrected chi connectivity index (χ3v) is 6.53. The molecule has 0 amide bonds. The minimum atomic E-state index is -1.16. The molecule has 0 bridgehead atoms. The van der Waals surface area contributed by atoms with Crippen LogP contribution in [0.25, 0.3) is 11.3 Å². The Morgan fingerprint density at radius 3 is 2.65 bits per heavy atom. The molecule has 0 saturated heterocycles. The number of pyridine rings is 2. The number of nitrogens with zero attached hydrogens (tertiary/aromatic N) is 4. The summed E-state index contributed by atoms with van der Waals surface area (Å²) in [7, 11) is -1.16. The van der Waals surface area contributed by atoms with Crippen LogP contribution in [0.15, 0.2) is 48.9 Å². The smallest absolute Gasteiger partial charge is 0.212 e. The molecular formula is C22H30FN5O2Si. The summed E-state index contributed by atoms with van der Waals surface area (Å²) in [5, 5.41) is 18.3. The molecule has 0 radical (unpaired) electrons. The van der Waals surface area contributed by atoms with Crippen LogP contribution in [0.4, 0.5) is 10.2 Å². The van der Waals surface area contributed by atoms with E-state index in [1.54, 1.807) is 23.1 Å². The maximum Gasteiger partial charge on any atom is 0.212 e. The van der Waals surface area contributed by atoms with Gasteiger partial charge in [0.05, 0.1) is 11.8 Å². The highest BCUT2D eigenvalue weighted by Gasteiger charge is 2.14. The first kappa shape index (κ1) is 23.0. The molecule has 0 fully saturated rings. The Bertz CT molecular complexity index is 945. The first-order chi connectivity index (χ1) is 14.8. The van der Waals surface area contributed by atoms with E-state index in [-0.39, 0.29) is 0 Å². The molecule has 2 N–H and O–H groups in total. The Balaban J connectivity index is 1.63. The Morgan fingerprint density at radius 1 is 1.19 bits per heavy atom. The van der Waals surface area contributed by atoms with Crippen molar-refractivity contribution in [3.8, 4) is 11.3 Å². The Morgan fingerprint density at radius 2 is 1.97 bits per heavy atom. The van der Waals surface area contributed by atoms with Crippen molar-refractivity contribution in [2.24, 2.45) is 0 Å². The number of ether oxygens (including phenoxy) is 1. The molecule has 9 heteroatoms. The van der Waals surface area contributed by atoms with E-state index >= 15 is 0 Å². The van der Waals surface area contributed by atoms with Crippen LogP contribution in [-0.4, -0.2) is 46.1 Å². The zero-order valence-corrected chi connectivity index (χ0v) is 19.3. The number of anilines is 1. The number of aliphatic hydroxyl groups excluding tert-OH is 1. The fourth-order valence-electron chi connectivity index (χ4n) is 2.94. The highest BCUT2D eigenvalue weighted by atomic mass is 28.3. The fourth-order valence-corrected chi connectivity index (χ4v) is 3.70. The summed E-state index contributed by atoms with van der Waals surface area (Å²) in [6, 6.07) is 9.67. The summed E-state index contributed by atoms with van der Waals surface area (Å²) >= 11 is 0. The topological polar surface area (TPSA) is 85.1 Å². The Kier molecular flexibility index (Phi) is 7.89. The minimum Gasteiger partial charge on any atom is -0.388 e. The number of halogens is 1. The van der Waals surface area contributed by atoms with Crippen LogP contribution in [0.5, 0.6) is 0 Å². The minimum absolute atomic E-state index is 0.350. The SMILES string of the molecule is C[Si](C)(C)CCOCn1nc(-c2ccncc2)cc1NCCC(O)c1ccc(F)nc1. The molecule has 3 rings (SSSR count). The van der Waals surface area contributed by atoms with Gasteiger partial charge in [-0.2, -0.15) is 9.49 Å². The van der Waals surface area contributed by atoms with Crippen LogP contribution >= 0.6 is 0 Å². The van der Waals surface area contributed by atoms with Crippen LogP contribution in [0.3, 0.4) is 0 Å². The predicted molar refractivity (Wildman–Crippen MR) is 122 cm³/mol. The highest BCUT2D eigenvalue weighted by Crippen LogP contribution is 2.22. The van der Waals surface area contributed by atoms with Gasteiger partial charge in [0.2, 0.25) is 5.95 Å². The molecule has 3 aromatic heterocycles. The number of aliphatic hydroxyl groups is 1. The summed E-state index contributed by atoms with van der Waals surface area (Å²) in [6.45, 7) is 8.52. The quantitative estimate of drug-likeness (QED) is 0.261. The van der Waals surface area contributed by atoms with Crippen molar-refractivity contribution in [2.45, 2.75) is 44.9 Å². The Labute approximate surface area is 183 Å². The van der Waals surface area contributed by atoms with Crippen LogP contribution in [-0.2, 0) is 11.5 Å². The first-order valence-corrected chi connectivity index (χ1v) is 14.1. The van der Waals surface area contributed by atoms with Gasteiger partial charge in [-0.25, -0.2) is 9.67 Å². The van der Waals surface area contributed by atoms with Gasteiger partial charge in [0.15, 0.2) is 0 Å². The van der Waals surface area contributed by atoms with Crippen molar-refractivity contribution in [3.63, 3.8) is 0 Å². The number of nitrogens with one attached hydrogen (secondary N) is 1. The van der Waals surface area contributed by atoms with Gasteiger partial charge in [0.25, 0.3) is 0 Å². The molecule has 0 spiro atoms. The van der Waals surface area contributed by atoms with E-state index in [1.165, 1.54) is 12.3 Å². The number of rotatable bonds is 11. The van der Waals surface area contributed by atoms with Crippen molar-refractivity contribution >= 4 is 13.9 Å². The molecule has 0 saturated carbocycles. The predicted octanol–water partition coefficient (Wildman–Crippen LogP) is 4.33. The van der Waals surface area contributed by atoms with Gasteiger partial charge < -0.3 is 15.2 Å². The van der Waals surface area contributed by atoms with Gasteiger partial charge in [0.1, 0.15) is 12.5 Å². The summed E-state index contributed by atoms with van der Waals surface area (Å²) in [5.41, 5.74) is 2.38. The van der Waals surface area contributed by atoms with Gasteiger partial charge in [0, 0.05) is 51.4 Å². The molecule has 0 aliphatic rings. The average Bonchev–Trinajstić information content (AvgIpc) is 3.14. The van der Waals surface area contributed by atoms with E-state index in [4.69, 9.17) is 4.74 Å². The maximum absolute atomic E-state index is 13.0. The van der Waals surface area contributed by atoms with Gasteiger partial charge in [-0.15, -0.1) is 0 Å². The summed E-state index contributed by atoms with van der Waals surface area (Å²) < 4.78 is 20.7. The zero-order chi connectivity index (χ0) is 22.3. The molecule has 166 valence electrons. The summed E-state index contributed by atoms with van der Waals surface area (Å²) in [4.78, 5) is 7.66. The lowest BCUT2D eigenvalue weighted by Gasteiger charge is -2.16. The standard InChI is InChI=1S/C22H30FN5O2Si/c1-31(2,3)13-12-30-16-28-22(14-19(27-28)17-6-9-24-10-7-17)25-11-8-20(29)18-4-5-21(23)26-15-18/h4-7,9-10,14-15,20,25,29H,8,11-13,16H2,1-3H3. The second kappa shape index (κ2) is 10.6. The van der Waals surface area contributed by atoms with Crippen molar-refractivity contribution in [3.05, 3.63) is 60.4 Å². The van der Waals surface area contributed by atoms with Crippen molar-refractivity contribution in [1.82, 2.24) is 19.7 Å². The second-order valence-corrected chi connectivity index (χ2v) is 14.3. The van der Waals surface area contributed by atoms with Crippen LogP contribution in [0.1, 0.15) is 18.1 Å². The van der Waals surface area contributed by atoms with Gasteiger partial charge in [-0.1, -0.05) is 25.7 Å². The first-order valence-electron chi connectivity index (χ1n) is 10.4. The Hall–Kier alpha value is -2.62. The third-order valence-electron chi connectivity index (χ3n) is 4.82. The molecule has 0 aliphatic heterocycles. The van der Waals surface area contributed by atoms with Crippen molar-refractivity contribution < 1.29 is 14.2 Å². The van der Waals surface area contributed by atoms with E-state index in [0.29, 0.717) is 31.9 Å². The lowest BCUT2D eigenvalue weighted by Crippen LogP contribution is -2.22. The monoisotopic (exact) mass is 443 g/mol. The number of hydrogen-bond acceptors (Lipinski definition) is 6. The van der Waals surface area contributed by atoms with Crippen molar-refractivity contribution in [1.29, 1.82) is 0 Å². The molecular weight excluding hydrogens is 413 g/mol. The van der Waals surface area contributed by atoms with Crippen LogP contribution in [0.2, 0.25) is 25.7 Å². The fraction of sp³-hybridized carbons (Fsp3) is 0.409. The maximum atomic E-state index is 13.0. The lowest BCUT2D eigenvalue weighted by molar-refractivity contribution is 0.0801. The molecule has 1 unspecified atom stereocenters. The molecule has 0 aromatic carbocycles. The molecule has 3 aromatic rings. The second-order valence-electron chi connectivity index (χ2n) is 8.64. The molecule has 1 atom stereocenters. The normalized spacial score (nSPS) is 12.7. The summed E-state index contributed by atoms with van der Waals surface area (Å²) in [6.07, 6.45) is 4.54. The van der Waals surface area contributed by atoms with Gasteiger partial charge in [-0.3, -0.25) is 4.98 Å². The number of hydrogen-bond donors (Lipinski definition) is 2. The van der Waals surface area contributed by atoms with E-state index in [2.05, 4.69) is 40.0 Å². The van der Waals surface area contributed by atoms with Gasteiger partial charge in [-0.05, 0) is 36.2 Å². The van der Waals surface area contributed by atoms with Crippen molar-refractivity contribution in [2.75, 3.05) is 18.5 Å². The molecule has 31 heavy (non-hydrogen) atoms. The largest absolute Gasteiger partial charge is 0.388 e. The summed E-state index contributed by atoms with van der Waals surface area (Å²) in [5.74, 6) is 0.250. The van der Waals surface area contributed by atoms with E-state index < -0.39 is 20.1 Å². The van der Waals surface area contributed by atoms with Gasteiger partial charge >= 0.3 is 0 Å². The van der Waals surface area contributed by atoms with Crippen LogP contribution in [0, 0.1) is 5.95 Å². The average molecular weight is 444 g/mol. The highest BCUT2D eigenvalue weighted by molar-refractivity contribution is 6.76.